The number of hydrogen-bond acceptors (Lipinski definition) is 2. The van der Waals surface area contributed by atoms with Gasteiger partial charge in [0.05, 0.1) is 12.3 Å². The third-order valence-corrected chi connectivity index (χ3v) is 3.45. The Labute approximate surface area is 131 Å². The lowest BCUT2D eigenvalue weighted by Gasteiger charge is -2.04. The van der Waals surface area contributed by atoms with E-state index in [0.717, 1.165) is 30.0 Å². The molecule has 0 saturated carbocycles. The van der Waals surface area contributed by atoms with Crippen LogP contribution in [-0.4, -0.2) is 12.8 Å². The normalized spacial score (nSPS) is 11.1. The Morgan fingerprint density at radius 1 is 0.909 bits per heavy atom. The van der Waals surface area contributed by atoms with Gasteiger partial charge in [0.2, 0.25) is 0 Å². The summed E-state index contributed by atoms with van der Waals surface area (Å²) in [6.07, 6.45) is 2.90. The fraction of sp³-hybridized carbons (Fsp3) is 0.150. The van der Waals surface area contributed by atoms with Crippen LogP contribution in [0.3, 0.4) is 0 Å². The van der Waals surface area contributed by atoms with Crippen LogP contribution in [0.25, 0.3) is 10.8 Å². The minimum Gasteiger partial charge on any atom is -0.494 e. The van der Waals surface area contributed by atoms with Crippen LogP contribution in [0.2, 0.25) is 0 Å². The van der Waals surface area contributed by atoms with Gasteiger partial charge in [-0.05, 0) is 59.2 Å². The molecule has 3 rings (SSSR count). The van der Waals surface area contributed by atoms with Crippen molar-refractivity contribution < 1.29 is 4.74 Å². The first kappa shape index (κ1) is 14.3. The summed E-state index contributed by atoms with van der Waals surface area (Å²) in [5.41, 5.74) is 2.03. The second-order valence-electron chi connectivity index (χ2n) is 5.21. The number of benzene rings is 3. The van der Waals surface area contributed by atoms with Crippen molar-refractivity contribution in [3.63, 3.8) is 0 Å². The van der Waals surface area contributed by atoms with Crippen LogP contribution in [0.15, 0.2) is 71.7 Å². The van der Waals surface area contributed by atoms with Gasteiger partial charge in [0.1, 0.15) is 5.75 Å². The van der Waals surface area contributed by atoms with E-state index < -0.39 is 0 Å². The van der Waals surface area contributed by atoms with Gasteiger partial charge in [-0.1, -0.05) is 37.3 Å². The molecule has 0 spiro atoms. The van der Waals surface area contributed by atoms with Crippen molar-refractivity contribution in [2.24, 2.45) is 4.99 Å². The van der Waals surface area contributed by atoms with Crippen LogP contribution >= 0.6 is 0 Å². The summed E-state index contributed by atoms with van der Waals surface area (Å²) in [6, 6.07) is 22.6. The largest absolute Gasteiger partial charge is 0.494 e. The average molecular weight is 289 g/mol. The van der Waals surface area contributed by atoms with Gasteiger partial charge < -0.3 is 4.74 Å². The lowest BCUT2D eigenvalue weighted by atomic mass is 10.1. The van der Waals surface area contributed by atoms with E-state index in [1.165, 1.54) is 10.8 Å². The quantitative estimate of drug-likeness (QED) is 0.578. The number of rotatable bonds is 5. The molecule has 2 nitrogen and oxygen atoms in total. The summed E-state index contributed by atoms with van der Waals surface area (Å²) in [6.45, 7) is 2.86. The molecule has 110 valence electrons. The number of fused-ring (bicyclic) bond motifs is 1. The van der Waals surface area contributed by atoms with Crippen molar-refractivity contribution in [1.82, 2.24) is 0 Å². The van der Waals surface area contributed by atoms with E-state index in [-0.39, 0.29) is 0 Å². The number of hydrogen-bond donors (Lipinski definition) is 0. The van der Waals surface area contributed by atoms with Crippen LogP contribution in [0.4, 0.5) is 5.69 Å². The highest BCUT2D eigenvalue weighted by molar-refractivity contribution is 5.87. The zero-order valence-corrected chi connectivity index (χ0v) is 12.7. The molecule has 0 unspecified atom stereocenters. The summed E-state index contributed by atoms with van der Waals surface area (Å²) in [5, 5.41) is 2.44. The van der Waals surface area contributed by atoms with Crippen LogP contribution < -0.4 is 4.74 Å². The monoisotopic (exact) mass is 289 g/mol. The van der Waals surface area contributed by atoms with Crippen molar-refractivity contribution in [2.75, 3.05) is 6.61 Å². The minimum absolute atomic E-state index is 0.754. The molecular weight excluding hydrogens is 270 g/mol. The van der Waals surface area contributed by atoms with E-state index in [9.17, 15) is 0 Å². The molecule has 0 N–H and O–H groups in total. The maximum atomic E-state index is 5.58. The van der Waals surface area contributed by atoms with Crippen LogP contribution in [0, 0.1) is 0 Å². The minimum atomic E-state index is 0.754. The van der Waals surface area contributed by atoms with Gasteiger partial charge in [-0.15, -0.1) is 0 Å². The maximum absolute atomic E-state index is 5.58. The van der Waals surface area contributed by atoms with Gasteiger partial charge in [-0.2, -0.15) is 0 Å². The average Bonchev–Trinajstić information content (AvgIpc) is 2.59. The lowest BCUT2D eigenvalue weighted by molar-refractivity contribution is 0.317. The maximum Gasteiger partial charge on any atom is 0.119 e. The molecule has 3 aromatic rings. The molecule has 3 aromatic carbocycles. The molecule has 0 amide bonds. The van der Waals surface area contributed by atoms with Crippen LogP contribution in [0.5, 0.6) is 5.75 Å². The van der Waals surface area contributed by atoms with E-state index in [1.807, 2.05) is 48.7 Å². The van der Waals surface area contributed by atoms with E-state index >= 15 is 0 Å². The van der Waals surface area contributed by atoms with Gasteiger partial charge in [0.25, 0.3) is 0 Å². The Hall–Kier alpha value is -2.61. The Morgan fingerprint density at radius 2 is 1.68 bits per heavy atom. The number of ether oxygens (including phenoxy) is 1. The Kier molecular flexibility index (Phi) is 4.50. The van der Waals surface area contributed by atoms with E-state index in [2.05, 4.69) is 36.2 Å². The third kappa shape index (κ3) is 3.53. The summed E-state index contributed by atoms with van der Waals surface area (Å²) < 4.78 is 5.58. The number of nitrogens with zero attached hydrogens (tertiary/aromatic N) is 1. The molecule has 0 bridgehead atoms. The Bertz CT molecular complexity index is 775. The molecule has 0 atom stereocenters. The van der Waals surface area contributed by atoms with Gasteiger partial charge in [-0.25, -0.2) is 0 Å². The first-order valence-electron chi connectivity index (χ1n) is 7.61. The molecule has 2 heteroatoms. The Morgan fingerprint density at radius 3 is 2.45 bits per heavy atom. The molecule has 0 saturated heterocycles. The van der Waals surface area contributed by atoms with Gasteiger partial charge >= 0.3 is 0 Å². The SMILES string of the molecule is CCCOc1ccc(C=Nc2ccc3ccccc3c2)cc1. The van der Waals surface area contributed by atoms with E-state index in [4.69, 9.17) is 4.74 Å². The molecule has 0 aliphatic rings. The second kappa shape index (κ2) is 6.90. The smallest absolute Gasteiger partial charge is 0.119 e. The van der Waals surface area contributed by atoms with Crippen molar-refractivity contribution in [3.8, 4) is 5.75 Å². The first-order chi connectivity index (χ1) is 10.8. The highest BCUT2D eigenvalue weighted by Crippen LogP contribution is 2.21. The van der Waals surface area contributed by atoms with Crippen molar-refractivity contribution >= 4 is 22.7 Å². The molecule has 0 heterocycles. The van der Waals surface area contributed by atoms with Crippen molar-refractivity contribution in [3.05, 3.63) is 72.3 Å². The zero-order valence-electron chi connectivity index (χ0n) is 12.7. The molecule has 0 aliphatic heterocycles. The fourth-order valence-electron chi connectivity index (χ4n) is 2.28. The fourth-order valence-corrected chi connectivity index (χ4v) is 2.28. The van der Waals surface area contributed by atoms with Gasteiger partial charge in [0.15, 0.2) is 0 Å². The predicted octanol–water partition coefficient (Wildman–Crippen LogP) is 5.38. The van der Waals surface area contributed by atoms with Crippen LogP contribution in [-0.2, 0) is 0 Å². The molecule has 0 fully saturated rings. The van der Waals surface area contributed by atoms with Gasteiger partial charge in [-0.3, -0.25) is 4.99 Å². The predicted molar refractivity (Wildman–Crippen MR) is 93.4 cm³/mol. The highest BCUT2D eigenvalue weighted by atomic mass is 16.5. The van der Waals surface area contributed by atoms with E-state index in [0.29, 0.717) is 0 Å². The molecule has 0 aliphatic carbocycles. The lowest BCUT2D eigenvalue weighted by Crippen LogP contribution is -1.94. The summed E-state index contributed by atoms with van der Waals surface area (Å²) in [5.74, 6) is 0.907. The Balaban J connectivity index is 1.74. The summed E-state index contributed by atoms with van der Waals surface area (Å²) >= 11 is 0. The first-order valence-corrected chi connectivity index (χ1v) is 7.61. The molecule has 0 radical (unpaired) electrons. The molecule has 22 heavy (non-hydrogen) atoms. The van der Waals surface area contributed by atoms with Crippen LogP contribution in [0.1, 0.15) is 18.9 Å². The standard InChI is InChI=1S/C20H19NO/c1-2-13-22-20-11-7-16(8-12-20)15-21-19-10-9-17-5-3-4-6-18(17)14-19/h3-12,14-15H,2,13H2,1H3. The third-order valence-electron chi connectivity index (χ3n) is 3.45. The van der Waals surface area contributed by atoms with E-state index in [1.54, 1.807) is 0 Å². The zero-order chi connectivity index (χ0) is 15.2. The second-order valence-corrected chi connectivity index (χ2v) is 5.21. The summed E-state index contributed by atoms with van der Waals surface area (Å²) in [7, 11) is 0. The highest BCUT2D eigenvalue weighted by Gasteiger charge is 1.95. The molecule has 0 aromatic heterocycles. The summed E-state index contributed by atoms with van der Waals surface area (Å²) in [4.78, 5) is 4.55. The number of aliphatic imine (C=N–C) groups is 1. The topological polar surface area (TPSA) is 21.6 Å². The van der Waals surface area contributed by atoms with Gasteiger partial charge in [0, 0.05) is 6.21 Å². The van der Waals surface area contributed by atoms with Crippen molar-refractivity contribution in [2.45, 2.75) is 13.3 Å². The van der Waals surface area contributed by atoms with Crippen molar-refractivity contribution in [1.29, 1.82) is 0 Å². The molecular formula is C20H19NO.